The van der Waals surface area contributed by atoms with E-state index in [4.69, 9.17) is 14.4 Å². The van der Waals surface area contributed by atoms with E-state index in [9.17, 15) is 5.11 Å². The van der Waals surface area contributed by atoms with E-state index in [0.29, 0.717) is 11.4 Å². The van der Waals surface area contributed by atoms with Crippen molar-refractivity contribution in [3.05, 3.63) is 182 Å². The molecule has 10 aromatic rings. The number of para-hydroxylation sites is 3. The van der Waals surface area contributed by atoms with E-state index in [2.05, 4.69) is 135 Å². The number of hydrogen-bond acceptors (Lipinski definition) is 4. The van der Waals surface area contributed by atoms with Crippen molar-refractivity contribution in [1.29, 1.82) is 0 Å². The van der Waals surface area contributed by atoms with E-state index in [1.54, 1.807) is 12.3 Å². The third-order valence-electron chi connectivity index (χ3n) is 10.8. The van der Waals surface area contributed by atoms with Gasteiger partial charge in [0, 0.05) is 49.3 Å². The summed E-state index contributed by atoms with van der Waals surface area (Å²) in [7, 11) is 0. The molecule has 3 heterocycles. The molecule has 10 rings (SSSR count). The van der Waals surface area contributed by atoms with Gasteiger partial charge in [-0.1, -0.05) is 147 Å². The molecule has 0 amide bonds. The van der Waals surface area contributed by atoms with Crippen molar-refractivity contribution < 1.29 is 30.6 Å². The molecule has 0 fully saturated rings. The van der Waals surface area contributed by atoms with Crippen LogP contribution in [0.25, 0.3) is 94.7 Å². The molecule has 0 atom stereocenters. The molecule has 0 unspecified atom stereocenters. The molecule has 0 radical (unpaired) electrons. The number of aromatic nitrogens is 3. The van der Waals surface area contributed by atoms with E-state index in [1.165, 1.54) is 5.56 Å². The maximum absolute atomic E-state index is 11.4. The number of hydrogen-bond donors (Lipinski definition) is 1. The van der Waals surface area contributed by atoms with E-state index < -0.39 is 0 Å². The number of pyridine rings is 1. The van der Waals surface area contributed by atoms with Gasteiger partial charge in [-0.05, 0) is 64.6 Å². The van der Waals surface area contributed by atoms with Gasteiger partial charge in [-0.15, -0.1) is 23.8 Å². The Morgan fingerprint density at radius 1 is 0.603 bits per heavy atom. The van der Waals surface area contributed by atoms with Crippen LogP contribution in [0.5, 0.6) is 5.75 Å². The first-order valence-corrected chi connectivity index (χ1v) is 19.2. The molecule has 58 heavy (non-hydrogen) atoms. The zero-order valence-electron chi connectivity index (χ0n) is 32.2. The van der Waals surface area contributed by atoms with Crippen LogP contribution < -0.4 is 0 Å². The zero-order valence-corrected chi connectivity index (χ0v) is 34.5. The average molecular weight is 932 g/mol. The maximum Gasteiger partial charge on any atom is 0.148 e. The molecule has 284 valence electrons. The summed E-state index contributed by atoms with van der Waals surface area (Å²) in [5, 5.41) is 13.3. The standard InChI is InChI=1S/C52H38N3O2.Pt/c1-52(2,3)38-25-26-43(42(32-38)34-17-8-5-9-18-34)55-44-22-14-21-39(50(44)54-51(55)40-19-10-12-23-45(40)56)36-29-35(33-15-6-4-7-16-33)30-37(31-36)49-48-41-20-11-13-24-46(41)57-47(48)27-28-53-49;/h4-30,32,56H,1-3H3;/q-1;. The minimum atomic E-state index is -0.0635. The van der Waals surface area contributed by atoms with Gasteiger partial charge in [0.25, 0.3) is 0 Å². The van der Waals surface area contributed by atoms with Crippen LogP contribution in [0.15, 0.2) is 174 Å². The quantitative estimate of drug-likeness (QED) is 0.169. The van der Waals surface area contributed by atoms with Crippen LogP contribution in [-0.2, 0) is 26.5 Å². The maximum atomic E-state index is 11.4. The number of nitrogens with zero attached hydrogens (tertiary/aromatic N) is 3. The van der Waals surface area contributed by atoms with Crippen molar-refractivity contribution in [2.24, 2.45) is 0 Å². The molecule has 6 heteroatoms. The molecule has 0 saturated carbocycles. The molecule has 1 N–H and O–H groups in total. The Labute approximate surface area is 351 Å². The van der Waals surface area contributed by atoms with Crippen LogP contribution in [-0.4, -0.2) is 19.6 Å². The molecule has 0 aliphatic rings. The first-order valence-electron chi connectivity index (χ1n) is 19.2. The van der Waals surface area contributed by atoms with Crippen molar-refractivity contribution >= 4 is 33.0 Å². The van der Waals surface area contributed by atoms with Crippen molar-refractivity contribution in [3.63, 3.8) is 0 Å². The SMILES string of the molecule is CC(C)(C)c1ccc(-n2c(-c3ccccc3O)nc3c(-c4[c-]c(-c5nccc6oc7ccccc7c56)cc(-c5ccccc5)c4)cccc32)c(-c2ccccc2)c1.[Pt]. The Morgan fingerprint density at radius 3 is 2.07 bits per heavy atom. The zero-order chi connectivity index (χ0) is 38.7. The molecular weight excluding hydrogens is 894 g/mol. The molecule has 5 nitrogen and oxygen atoms in total. The Kier molecular flexibility index (Phi) is 9.42. The van der Waals surface area contributed by atoms with Gasteiger partial charge in [0.2, 0.25) is 0 Å². The number of imidazole rings is 1. The third-order valence-corrected chi connectivity index (χ3v) is 10.8. The van der Waals surface area contributed by atoms with Crippen LogP contribution in [0.1, 0.15) is 26.3 Å². The Morgan fingerprint density at radius 2 is 1.29 bits per heavy atom. The molecular formula is C52H38N3O2Pt-. The number of benzene rings is 7. The topological polar surface area (TPSA) is 64.1 Å². The number of phenols is 1. The van der Waals surface area contributed by atoms with Gasteiger partial charge in [-0.3, -0.25) is 9.55 Å². The molecule has 0 bridgehead atoms. The fourth-order valence-corrected chi connectivity index (χ4v) is 7.96. The van der Waals surface area contributed by atoms with Crippen LogP contribution in [0.2, 0.25) is 0 Å². The Balaban J connectivity index is 0.00000436. The first kappa shape index (κ1) is 37.0. The van der Waals surface area contributed by atoms with E-state index >= 15 is 0 Å². The molecule has 3 aromatic heterocycles. The average Bonchev–Trinajstić information content (AvgIpc) is 3.83. The number of rotatable bonds is 6. The molecule has 0 spiro atoms. The summed E-state index contributed by atoms with van der Waals surface area (Å²) < 4.78 is 8.49. The molecule has 7 aromatic carbocycles. The largest absolute Gasteiger partial charge is 0.507 e. The number of fused-ring (bicyclic) bond motifs is 4. The van der Waals surface area contributed by atoms with E-state index in [0.717, 1.165) is 83.3 Å². The first-order chi connectivity index (χ1) is 27.8. The summed E-state index contributed by atoms with van der Waals surface area (Å²) in [6, 6.07) is 59.5. The smallest absolute Gasteiger partial charge is 0.148 e. The second kappa shape index (κ2) is 14.8. The summed E-state index contributed by atoms with van der Waals surface area (Å²) in [4.78, 5) is 10.4. The summed E-state index contributed by atoms with van der Waals surface area (Å²) in [6.07, 6.45) is 1.80. The number of aromatic hydroxyl groups is 1. The van der Waals surface area contributed by atoms with E-state index in [-0.39, 0.29) is 32.2 Å². The molecule has 0 saturated heterocycles. The van der Waals surface area contributed by atoms with Gasteiger partial charge in [0.05, 0.1) is 22.3 Å². The fraction of sp³-hybridized carbons (Fsp3) is 0.0769. The van der Waals surface area contributed by atoms with Gasteiger partial charge in [-0.2, -0.15) is 0 Å². The van der Waals surface area contributed by atoms with Crippen molar-refractivity contribution in [3.8, 4) is 67.5 Å². The summed E-state index contributed by atoms with van der Waals surface area (Å²) in [5.41, 5.74) is 13.8. The second-order valence-electron chi connectivity index (χ2n) is 15.5. The molecule has 0 aliphatic carbocycles. The van der Waals surface area contributed by atoms with Crippen LogP contribution in [0.3, 0.4) is 0 Å². The van der Waals surface area contributed by atoms with Crippen LogP contribution >= 0.6 is 0 Å². The second-order valence-corrected chi connectivity index (χ2v) is 15.5. The summed E-state index contributed by atoms with van der Waals surface area (Å²) in [5.74, 6) is 0.807. The minimum Gasteiger partial charge on any atom is -0.507 e. The normalized spacial score (nSPS) is 11.6. The van der Waals surface area contributed by atoms with Crippen LogP contribution in [0, 0.1) is 6.07 Å². The van der Waals surface area contributed by atoms with Gasteiger partial charge in [-0.25, -0.2) is 4.98 Å². The van der Waals surface area contributed by atoms with E-state index in [1.807, 2.05) is 54.6 Å². The summed E-state index contributed by atoms with van der Waals surface area (Å²) in [6.45, 7) is 6.72. The third kappa shape index (κ3) is 6.42. The van der Waals surface area contributed by atoms with Gasteiger partial charge >= 0.3 is 0 Å². The predicted octanol–water partition coefficient (Wildman–Crippen LogP) is 13.5. The number of phenolic OH excluding ortho intramolecular Hbond substituents is 1. The van der Waals surface area contributed by atoms with Gasteiger partial charge in [0.15, 0.2) is 0 Å². The van der Waals surface area contributed by atoms with Crippen molar-refractivity contribution in [1.82, 2.24) is 14.5 Å². The summed E-state index contributed by atoms with van der Waals surface area (Å²) >= 11 is 0. The monoisotopic (exact) mass is 931 g/mol. The Hall–Kier alpha value is -6.55. The van der Waals surface area contributed by atoms with Gasteiger partial charge < -0.3 is 9.52 Å². The van der Waals surface area contributed by atoms with Gasteiger partial charge in [0.1, 0.15) is 22.7 Å². The van der Waals surface area contributed by atoms with Crippen molar-refractivity contribution in [2.45, 2.75) is 26.2 Å². The predicted molar refractivity (Wildman–Crippen MR) is 233 cm³/mol. The fourth-order valence-electron chi connectivity index (χ4n) is 7.96. The Bertz CT molecular complexity index is 3120. The molecule has 0 aliphatic heterocycles. The minimum absolute atomic E-state index is 0. The number of furan rings is 1. The van der Waals surface area contributed by atoms with Crippen LogP contribution in [0.4, 0.5) is 0 Å². The van der Waals surface area contributed by atoms with Crippen molar-refractivity contribution in [2.75, 3.05) is 0 Å².